The predicted octanol–water partition coefficient (Wildman–Crippen LogP) is 1.57. The molecule has 62 valence electrons. The Hall–Kier alpha value is -0.650. The van der Waals surface area contributed by atoms with Crippen molar-refractivity contribution in [1.29, 1.82) is 0 Å². The zero-order valence-electron chi connectivity index (χ0n) is 6.30. The van der Waals surface area contributed by atoms with E-state index in [1.54, 1.807) is 6.20 Å². The number of fused-ring (bicyclic) bond motifs is 1. The molecule has 1 aromatic rings. The summed E-state index contributed by atoms with van der Waals surface area (Å²) in [6, 6.07) is 2.06. The number of nitrogens with one attached hydrogen (secondary N) is 1. The molecular formula is C8H7IN2O. The SMILES string of the molecule is O=C1CCc2cc(I)cnc2N1. The third-order valence-corrected chi connectivity index (χ3v) is 2.40. The molecule has 1 N–H and O–H groups in total. The molecule has 0 fully saturated rings. The fraction of sp³-hybridized carbons (Fsp3) is 0.250. The van der Waals surface area contributed by atoms with E-state index in [0.29, 0.717) is 6.42 Å². The van der Waals surface area contributed by atoms with Crippen molar-refractivity contribution in [2.45, 2.75) is 12.8 Å². The fourth-order valence-corrected chi connectivity index (χ4v) is 1.74. The first-order valence-corrected chi connectivity index (χ1v) is 4.78. The molecule has 0 saturated heterocycles. The smallest absolute Gasteiger partial charge is 0.225 e. The van der Waals surface area contributed by atoms with Gasteiger partial charge in [0.25, 0.3) is 0 Å². The van der Waals surface area contributed by atoms with Crippen LogP contribution >= 0.6 is 22.6 Å². The lowest BCUT2D eigenvalue weighted by molar-refractivity contribution is -0.116. The molecule has 1 aliphatic rings. The van der Waals surface area contributed by atoms with Crippen molar-refractivity contribution in [2.75, 3.05) is 5.32 Å². The first-order valence-electron chi connectivity index (χ1n) is 3.70. The van der Waals surface area contributed by atoms with Gasteiger partial charge in [0.15, 0.2) is 0 Å². The van der Waals surface area contributed by atoms with Crippen molar-refractivity contribution < 1.29 is 4.79 Å². The number of hydrogen-bond acceptors (Lipinski definition) is 2. The highest BCUT2D eigenvalue weighted by Gasteiger charge is 2.15. The van der Waals surface area contributed by atoms with E-state index in [1.165, 1.54) is 0 Å². The van der Waals surface area contributed by atoms with E-state index >= 15 is 0 Å². The summed E-state index contributed by atoms with van der Waals surface area (Å²) >= 11 is 2.22. The molecule has 0 spiro atoms. The molecule has 0 aliphatic carbocycles. The Bertz CT molecular complexity index is 338. The number of rotatable bonds is 0. The van der Waals surface area contributed by atoms with Crippen molar-refractivity contribution in [2.24, 2.45) is 0 Å². The molecule has 3 nitrogen and oxygen atoms in total. The summed E-state index contributed by atoms with van der Waals surface area (Å²) in [5.74, 6) is 0.794. The average Bonchev–Trinajstić information content (AvgIpc) is 2.05. The number of anilines is 1. The first kappa shape index (κ1) is 7.97. The van der Waals surface area contributed by atoms with Gasteiger partial charge in [0.1, 0.15) is 5.82 Å². The van der Waals surface area contributed by atoms with E-state index in [9.17, 15) is 4.79 Å². The van der Waals surface area contributed by atoms with Crippen LogP contribution < -0.4 is 5.32 Å². The first-order chi connectivity index (χ1) is 5.75. The van der Waals surface area contributed by atoms with Gasteiger partial charge < -0.3 is 5.32 Å². The highest BCUT2D eigenvalue weighted by molar-refractivity contribution is 14.1. The molecular weight excluding hydrogens is 267 g/mol. The van der Waals surface area contributed by atoms with Gasteiger partial charge in [-0.05, 0) is 40.6 Å². The van der Waals surface area contributed by atoms with Crippen molar-refractivity contribution in [1.82, 2.24) is 4.98 Å². The van der Waals surface area contributed by atoms with Gasteiger partial charge >= 0.3 is 0 Å². The van der Waals surface area contributed by atoms with Gasteiger partial charge in [-0.2, -0.15) is 0 Å². The number of aromatic nitrogens is 1. The fourth-order valence-electron chi connectivity index (χ4n) is 1.23. The number of carbonyl (C=O) groups excluding carboxylic acids is 1. The summed E-state index contributed by atoms with van der Waals surface area (Å²) in [5, 5.41) is 2.73. The predicted molar refractivity (Wildman–Crippen MR) is 53.9 cm³/mol. The second-order valence-electron chi connectivity index (χ2n) is 2.71. The van der Waals surface area contributed by atoms with Gasteiger partial charge in [0.05, 0.1) is 0 Å². The van der Waals surface area contributed by atoms with E-state index < -0.39 is 0 Å². The number of hydrogen-bond donors (Lipinski definition) is 1. The van der Waals surface area contributed by atoms with Crippen molar-refractivity contribution in [3.63, 3.8) is 0 Å². The lowest BCUT2D eigenvalue weighted by atomic mass is 10.1. The van der Waals surface area contributed by atoms with Crippen LogP contribution in [-0.4, -0.2) is 10.9 Å². The van der Waals surface area contributed by atoms with Crippen molar-refractivity contribution >= 4 is 34.3 Å². The molecule has 0 saturated carbocycles. The number of amides is 1. The second-order valence-corrected chi connectivity index (χ2v) is 3.96. The van der Waals surface area contributed by atoms with Gasteiger partial charge in [-0.25, -0.2) is 4.98 Å². The standard InChI is InChI=1S/C8H7IN2O/c9-6-3-5-1-2-7(12)11-8(5)10-4-6/h3-4H,1-2H2,(H,10,11,12). The summed E-state index contributed by atoms with van der Waals surface area (Å²) in [6.07, 6.45) is 3.14. The molecule has 0 unspecified atom stereocenters. The van der Waals surface area contributed by atoms with E-state index in [4.69, 9.17) is 0 Å². The molecule has 2 rings (SSSR count). The zero-order valence-corrected chi connectivity index (χ0v) is 8.46. The number of aryl methyl sites for hydroxylation is 1. The molecule has 0 aromatic carbocycles. The van der Waals surface area contributed by atoms with Crippen LogP contribution in [0.2, 0.25) is 0 Å². The van der Waals surface area contributed by atoms with Crippen LogP contribution in [0.4, 0.5) is 5.82 Å². The quantitative estimate of drug-likeness (QED) is 0.730. The molecule has 1 amide bonds. The van der Waals surface area contributed by atoms with E-state index in [2.05, 4.69) is 39.0 Å². The minimum Gasteiger partial charge on any atom is -0.310 e. The third kappa shape index (κ3) is 1.43. The topological polar surface area (TPSA) is 42.0 Å². The minimum atomic E-state index is 0.0659. The molecule has 2 heterocycles. The monoisotopic (exact) mass is 274 g/mol. The Morgan fingerprint density at radius 2 is 2.33 bits per heavy atom. The summed E-state index contributed by atoms with van der Waals surface area (Å²) in [7, 11) is 0. The summed E-state index contributed by atoms with van der Waals surface area (Å²) in [6.45, 7) is 0. The van der Waals surface area contributed by atoms with Crippen LogP contribution in [0.1, 0.15) is 12.0 Å². The van der Waals surface area contributed by atoms with E-state index in [0.717, 1.165) is 21.4 Å². The minimum absolute atomic E-state index is 0.0659. The van der Waals surface area contributed by atoms with Crippen LogP contribution in [0.5, 0.6) is 0 Å². The molecule has 4 heteroatoms. The lowest BCUT2D eigenvalue weighted by Crippen LogP contribution is -2.20. The van der Waals surface area contributed by atoms with E-state index in [-0.39, 0.29) is 5.91 Å². The van der Waals surface area contributed by atoms with Gasteiger partial charge in [0, 0.05) is 16.2 Å². The van der Waals surface area contributed by atoms with Gasteiger partial charge in [-0.1, -0.05) is 0 Å². The summed E-state index contributed by atoms with van der Waals surface area (Å²) < 4.78 is 1.11. The van der Waals surface area contributed by atoms with Crippen LogP contribution in [0.25, 0.3) is 0 Å². The molecule has 0 radical (unpaired) electrons. The number of halogens is 1. The van der Waals surface area contributed by atoms with Crippen LogP contribution in [0.3, 0.4) is 0 Å². The van der Waals surface area contributed by atoms with E-state index in [1.807, 2.05) is 0 Å². The summed E-state index contributed by atoms with van der Waals surface area (Å²) in [4.78, 5) is 15.1. The maximum atomic E-state index is 11.0. The Morgan fingerprint density at radius 1 is 1.50 bits per heavy atom. The second kappa shape index (κ2) is 3.01. The Kier molecular flexibility index (Phi) is 2.00. The summed E-state index contributed by atoms with van der Waals surface area (Å²) in [5.41, 5.74) is 1.14. The number of pyridine rings is 1. The zero-order chi connectivity index (χ0) is 8.55. The largest absolute Gasteiger partial charge is 0.310 e. The number of carbonyl (C=O) groups is 1. The van der Waals surface area contributed by atoms with Crippen LogP contribution in [-0.2, 0) is 11.2 Å². The Morgan fingerprint density at radius 3 is 3.17 bits per heavy atom. The average molecular weight is 274 g/mol. The molecule has 0 atom stereocenters. The lowest BCUT2D eigenvalue weighted by Gasteiger charge is -2.14. The maximum Gasteiger partial charge on any atom is 0.225 e. The third-order valence-electron chi connectivity index (χ3n) is 1.81. The van der Waals surface area contributed by atoms with Crippen molar-refractivity contribution in [3.05, 3.63) is 21.4 Å². The Labute approximate surface area is 83.7 Å². The van der Waals surface area contributed by atoms with Gasteiger partial charge in [-0.3, -0.25) is 4.79 Å². The molecule has 0 bridgehead atoms. The highest BCUT2D eigenvalue weighted by Crippen LogP contribution is 2.21. The number of nitrogens with zero attached hydrogens (tertiary/aromatic N) is 1. The van der Waals surface area contributed by atoms with Gasteiger partial charge in [-0.15, -0.1) is 0 Å². The maximum absolute atomic E-state index is 11.0. The normalized spacial score (nSPS) is 15.2. The Balaban J connectivity index is 2.43. The van der Waals surface area contributed by atoms with Crippen molar-refractivity contribution in [3.8, 4) is 0 Å². The highest BCUT2D eigenvalue weighted by atomic mass is 127. The molecule has 1 aromatic heterocycles. The molecule has 12 heavy (non-hydrogen) atoms. The van der Waals surface area contributed by atoms with Crippen LogP contribution in [0.15, 0.2) is 12.3 Å². The van der Waals surface area contributed by atoms with Crippen LogP contribution in [0, 0.1) is 3.57 Å². The van der Waals surface area contributed by atoms with Gasteiger partial charge in [0.2, 0.25) is 5.91 Å². The molecule has 1 aliphatic heterocycles.